The molecule has 1 aliphatic heterocycles. The van der Waals surface area contributed by atoms with Crippen LogP contribution in [0, 0.1) is 5.92 Å². The van der Waals surface area contributed by atoms with Crippen molar-refractivity contribution in [3.63, 3.8) is 0 Å². The summed E-state index contributed by atoms with van der Waals surface area (Å²) in [6.07, 6.45) is 4.83. The molecule has 1 aliphatic rings. The lowest BCUT2D eigenvalue weighted by atomic mass is 9.95. The first-order valence-electron chi connectivity index (χ1n) is 7.64. The number of amides is 2. The molecule has 0 aliphatic carbocycles. The van der Waals surface area contributed by atoms with Gasteiger partial charge in [0.1, 0.15) is 0 Å². The Morgan fingerprint density at radius 2 is 1.96 bits per heavy atom. The van der Waals surface area contributed by atoms with Gasteiger partial charge in [0.2, 0.25) is 5.91 Å². The highest BCUT2D eigenvalue weighted by Gasteiger charge is 2.31. The van der Waals surface area contributed by atoms with E-state index < -0.39 is 5.54 Å². The summed E-state index contributed by atoms with van der Waals surface area (Å²) in [6, 6.07) is 3.40. The van der Waals surface area contributed by atoms with E-state index in [1.165, 1.54) is 0 Å². The number of carbonyl (C=O) groups is 2. The molecule has 0 spiro atoms. The maximum atomic E-state index is 12.5. The SMILES string of the molecule is CC(C)(CN)NC(=O)C1CCCN(C(=O)c2ccncc2)C1.Cl.Cl. The van der Waals surface area contributed by atoms with Crippen LogP contribution in [-0.4, -0.2) is 46.9 Å². The second-order valence-corrected chi connectivity index (χ2v) is 6.40. The molecule has 6 nitrogen and oxygen atoms in total. The first-order chi connectivity index (χ1) is 10.4. The lowest BCUT2D eigenvalue weighted by Gasteiger charge is -2.34. The molecule has 1 fully saturated rings. The van der Waals surface area contributed by atoms with Crippen molar-refractivity contribution in [1.82, 2.24) is 15.2 Å². The number of carbonyl (C=O) groups excluding carboxylic acids is 2. The van der Waals surface area contributed by atoms with Gasteiger partial charge in [-0.05, 0) is 38.8 Å². The molecule has 136 valence electrons. The number of nitrogens with two attached hydrogens (primary N) is 1. The van der Waals surface area contributed by atoms with E-state index in [4.69, 9.17) is 5.73 Å². The minimum absolute atomic E-state index is 0. The van der Waals surface area contributed by atoms with Gasteiger partial charge in [-0.2, -0.15) is 0 Å². The molecular formula is C16H26Cl2N4O2. The number of pyridine rings is 1. The average molecular weight is 377 g/mol. The smallest absolute Gasteiger partial charge is 0.253 e. The van der Waals surface area contributed by atoms with E-state index in [1.807, 2.05) is 13.8 Å². The molecule has 1 aromatic rings. The van der Waals surface area contributed by atoms with Crippen molar-refractivity contribution in [2.75, 3.05) is 19.6 Å². The molecule has 0 saturated carbocycles. The minimum atomic E-state index is -0.422. The molecule has 1 saturated heterocycles. The summed E-state index contributed by atoms with van der Waals surface area (Å²) in [4.78, 5) is 30.5. The highest BCUT2D eigenvalue weighted by molar-refractivity contribution is 5.94. The zero-order valence-corrected chi connectivity index (χ0v) is 15.7. The van der Waals surface area contributed by atoms with Crippen LogP contribution in [0.2, 0.25) is 0 Å². The van der Waals surface area contributed by atoms with Crippen LogP contribution in [0.4, 0.5) is 0 Å². The molecule has 1 unspecified atom stereocenters. The third kappa shape index (κ3) is 5.92. The quantitative estimate of drug-likeness (QED) is 0.835. The largest absolute Gasteiger partial charge is 0.350 e. The normalized spacial score (nSPS) is 17.3. The molecule has 2 rings (SSSR count). The van der Waals surface area contributed by atoms with Gasteiger partial charge in [-0.3, -0.25) is 14.6 Å². The Morgan fingerprint density at radius 3 is 2.54 bits per heavy atom. The number of aromatic nitrogens is 1. The van der Waals surface area contributed by atoms with Crippen molar-refractivity contribution in [1.29, 1.82) is 0 Å². The van der Waals surface area contributed by atoms with Gasteiger partial charge in [0.15, 0.2) is 0 Å². The maximum Gasteiger partial charge on any atom is 0.253 e. The molecule has 2 heterocycles. The summed E-state index contributed by atoms with van der Waals surface area (Å²) in [7, 11) is 0. The van der Waals surface area contributed by atoms with Crippen LogP contribution < -0.4 is 11.1 Å². The third-order valence-corrected chi connectivity index (χ3v) is 3.98. The monoisotopic (exact) mass is 376 g/mol. The van der Waals surface area contributed by atoms with Crippen molar-refractivity contribution in [2.45, 2.75) is 32.2 Å². The Bertz CT molecular complexity index is 540. The van der Waals surface area contributed by atoms with Gasteiger partial charge in [0.05, 0.1) is 5.92 Å². The molecule has 8 heteroatoms. The lowest BCUT2D eigenvalue weighted by molar-refractivity contribution is -0.127. The van der Waals surface area contributed by atoms with E-state index in [9.17, 15) is 9.59 Å². The summed E-state index contributed by atoms with van der Waals surface area (Å²) in [5.41, 5.74) is 5.84. The van der Waals surface area contributed by atoms with Crippen LogP contribution in [0.5, 0.6) is 0 Å². The Morgan fingerprint density at radius 1 is 1.33 bits per heavy atom. The highest BCUT2D eigenvalue weighted by atomic mass is 35.5. The number of halogens is 2. The second-order valence-electron chi connectivity index (χ2n) is 6.40. The molecule has 1 aromatic heterocycles. The summed E-state index contributed by atoms with van der Waals surface area (Å²) < 4.78 is 0. The van der Waals surface area contributed by atoms with Crippen LogP contribution in [0.25, 0.3) is 0 Å². The first-order valence-corrected chi connectivity index (χ1v) is 7.64. The molecule has 2 amide bonds. The fraction of sp³-hybridized carbons (Fsp3) is 0.562. The van der Waals surface area contributed by atoms with E-state index in [0.717, 1.165) is 12.8 Å². The van der Waals surface area contributed by atoms with Crippen molar-refractivity contribution in [2.24, 2.45) is 11.7 Å². The fourth-order valence-corrected chi connectivity index (χ4v) is 2.54. The van der Waals surface area contributed by atoms with Gasteiger partial charge in [-0.15, -0.1) is 24.8 Å². The number of hydrogen-bond donors (Lipinski definition) is 2. The topological polar surface area (TPSA) is 88.3 Å². The van der Waals surface area contributed by atoms with Crippen LogP contribution in [0.1, 0.15) is 37.0 Å². The Hall–Kier alpha value is -1.37. The third-order valence-electron chi connectivity index (χ3n) is 3.98. The summed E-state index contributed by atoms with van der Waals surface area (Å²) >= 11 is 0. The van der Waals surface area contributed by atoms with Crippen LogP contribution in [0.3, 0.4) is 0 Å². The molecule has 1 atom stereocenters. The number of hydrogen-bond acceptors (Lipinski definition) is 4. The summed E-state index contributed by atoms with van der Waals surface area (Å²) in [5.74, 6) is -0.244. The van der Waals surface area contributed by atoms with Crippen molar-refractivity contribution in [3.8, 4) is 0 Å². The van der Waals surface area contributed by atoms with Gasteiger partial charge < -0.3 is 16.0 Å². The molecule has 0 bridgehead atoms. The molecule has 24 heavy (non-hydrogen) atoms. The number of piperidine rings is 1. The first kappa shape index (κ1) is 22.6. The number of rotatable bonds is 4. The highest BCUT2D eigenvalue weighted by Crippen LogP contribution is 2.19. The van der Waals surface area contributed by atoms with E-state index in [1.54, 1.807) is 29.4 Å². The minimum Gasteiger partial charge on any atom is -0.350 e. The zero-order valence-electron chi connectivity index (χ0n) is 14.0. The van der Waals surface area contributed by atoms with Crippen LogP contribution >= 0.6 is 24.8 Å². The van der Waals surface area contributed by atoms with Crippen molar-refractivity contribution < 1.29 is 9.59 Å². The lowest BCUT2D eigenvalue weighted by Crippen LogP contribution is -2.53. The Balaban J connectivity index is 0.00000264. The standard InChI is InChI=1S/C16H24N4O2.2ClH/c1-16(2,11-17)19-14(21)13-4-3-9-20(10-13)15(22)12-5-7-18-8-6-12;;/h5-8,13H,3-4,9-11,17H2,1-2H3,(H,19,21);2*1H. The van der Waals surface area contributed by atoms with Crippen LogP contribution in [0.15, 0.2) is 24.5 Å². The van der Waals surface area contributed by atoms with Crippen molar-refractivity contribution >= 4 is 36.6 Å². The summed E-state index contributed by atoms with van der Waals surface area (Å²) in [6.45, 7) is 5.31. The van der Waals surface area contributed by atoms with Gasteiger partial charge in [-0.25, -0.2) is 0 Å². The van der Waals surface area contributed by atoms with E-state index in [0.29, 0.717) is 25.2 Å². The molecule has 0 radical (unpaired) electrons. The molecule has 3 N–H and O–H groups in total. The second kappa shape index (κ2) is 9.81. The van der Waals surface area contributed by atoms with Gasteiger partial charge in [-0.1, -0.05) is 0 Å². The van der Waals surface area contributed by atoms with Gasteiger partial charge >= 0.3 is 0 Å². The Labute approximate surface area is 155 Å². The van der Waals surface area contributed by atoms with E-state index in [2.05, 4.69) is 10.3 Å². The molecular weight excluding hydrogens is 351 g/mol. The van der Waals surface area contributed by atoms with E-state index >= 15 is 0 Å². The predicted octanol–water partition coefficient (Wildman–Crippen LogP) is 1.63. The zero-order chi connectivity index (χ0) is 16.2. The predicted molar refractivity (Wildman–Crippen MR) is 98.6 cm³/mol. The number of likely N-dealkylation sites (tertiary alicyclic amines) is 1. The van der Waals surface area contributed by atoms with Crippen molar-refractivity contribution in [3.05, 3.63) is 30.1 Å². The fourth-order valence-electron chi connectivity index (χ4n) is 2.54. The van der Waals surface area contributed by atoms with E-state index in [-0.39, 0.29) is 42.5 Å². The average Bonchev–Trinajstić information content (AvgIpc) is 2.54. The summed E-state index contributed by atoms with van der Waals surface area (Å²) in [5, 5.41) is 2.96. The number of nitrogens with zero attached hydrogens (tertiary/aromatic N) is 2. The number of nitrogens with one attached hydrogen (secondary N) is 1. The van der Waals surface area contributed by atoms with Gasteiger partial charge in [0, 0.05) is 43.1 Å². The Kier molecular flexibility index (Phi) is 9.25. The molecule has 0 aromatic carbocycles. The maximum absolute atomic E-state index is 12.5. The van der Waals surface area contributed by atoms with Crippen LogP contribution in [-0.2, 0) is 4.79 Å². The van der Waals surface area contributed by atoms with Gasteiger partial charge in [0.25, 0.3) is 5.91 Å².